The Morgan fingerprint density at radius 3 is 2.82 bits per heavy atom. The van der Waals surface area contributed by atoms with Crippen molar-refractivity contribution in [3.63, 3.8) is 0 Å². The number of aliphatic hydroxyl groups is 1. The van der Waals surface area contributed by atoms with E-state index in [1.54, 1.807) is 4.90 Å². The van der Waals surface area contributed by atoms with Crippen LogP contribution in [0.2, 0.25) is 0 Å². The van der Waals surface area contributed by atoms with Gasteiger partial charge in [0.1, 0.15) is 6.04 Å². The molecule has 0 bridgehead atoms. The zero-order chi connectivity index (χ0) is 12.3. The van der Waals surface area contributed by atoms with Crippen LogP contribution >= 0.6 is 0 Å². The molecule has 1 aromatic rings. The van der Waals surface area contributed by atoms with Crippen LogP contribution in [0.3, 0.4) is 0 Å². The summed E-state index contributed by atoms with van der Waals surface area (Å²) in [5.41, 5.74) is 6.78. The molecule has 0 spiro atoms. The molecule has 1 amide bonds. The number of benzene rings is 1. The van der Waals surface area contributed by atoms with E-state index in [0.29, 0.717) is 6.54 Å². The first-order valence-electron chi connectivity index (χ1n) is 5.96. The fourth-order valence-electron chi connectivity index (χ4n) is 2.30. The molecule has 92 valence electrons. The minimum atomic E-state index is -0.622. The van der Waals surface area contributed by atoms with Crippen molar-refractivity contribution in [1.29, 1.82) is 0 Å². The summed E-state index contributed by atoms with van der Waals surface area (Å²) >= 11 is 0. The number of hydrogen-bond donors (Lipinski definition) is 2. The van der Waals surface area contributed by atoms with E-state index in [4.69, 9.17) is 5.73 Å². The van der Waals surface area contributed by atoms with Crippen LogP contribution in [0.15, 0.2) is 30.3 Å². The predicted molar refractivity (Wildman–Crippen MR) is 65.2 cm³/mol. The van der Waals surface area contributed by atoms with Gasteiger partial charge >= 0.3 is 0 Å². The average molecular weight is 234 g/mol. The average Bonchev–Trinajstić information content (AvgIpc) is 2.86. The fraction of sp³-hybridized carbons (Fsp3) is 0.462. The van der Waals surface area contributed by atoms with Crippen LogP contribution < -0.4 is 5.73 Å². The number of rotatable bonds is 3. The minimum Gasteiger partial charge on any atom is -0.394 e. The molecule has 1 unspecified atom stereocenters. The summed E-state index contributed by atoms with van der Waals surface area (Å²) in [4.78, 5) is 13.9. The summed E-state index contributed by atoms with van der Waals surface area (Å²) in [6.45, 7) is 0.720. The molecule has 4 heteroatoms. The lowest BCUT2D eigenvalue weighted by molar-refractivity contribution is -0.134. The van der Waals surface area contributed by atoms with Gasteiger partial charge in [0.2, 0.25) is 5.91 Å². The predicted octanol–water partition coefficient (Wildman–Crippen LogP) is 0.670. The normalized spacial score (nSPS) is 21.5. The van der Waals surface area contributed by atoms with Crippen molar-refractivity contribution in [3.05, 3.63) is 35.9 Å². The van der Waals surface area contributed by atoms with Gasteiger partial charge in [-0.15, -0.1) is 0 Å². The van der Waals surface area contributed by atoms with E-state index in [-0.39, 0.29) is 18.6 Å². The molecule has 1 aliphatic heterocycles. The van der Waals surface area contributed by atoms with Gasteiger partial charge in [-0.3, -0.25) is 4.79 Å². The molecule has 2 rings (SSSR count). The Bertz CT molecular complexity index is 380. The smallest absolute Gasteiger partial charge is 0.244 e. The van der Waals surface area contributed by atoms with Crippen molar-refractivity contribution in [3.8, 4) is 0 Å². The van der Waals surface area contributed by atoms with Crippen LogP contribution in [0.4, 0.5) is 0 Å². The van der Waals surface area contributed by atoms with Crippen molar-refractivity contribution < 1.29 is 9.90 Å². The quantitative estimate of drug-likeness (QED) is 0.807. The van der Waals surface area contributed by atoms with Crippen LogP contribution in [0.5, 0.6) is 0 Å². The van der Waals surface area contributed by atoms with Gasteiger partial charge < -0.3 is 15.7 Å². The van der Waals surface area contributed by atoms with E-state index in [1.807, 2.05) is 30.3 Å². The van der Waals surface area contributed by atoms with Crippen molar-refractivity contribution in [2.75, 3.05) is 13.2 Å². The topological polar surface area (TPSA) is 66.6 Å². The first-order valence-corrected chi connectivity index (χ1v) is 5.96. The molecule has 1 fully saturated rings. The molecular formula is C13H18N2O2. The molecule has 0 saturated carbocycles. The van der Waals surface area contributed by atoms with Gasteiger partial charge in [-0.2, -0.15) is 0 Å². The molecular weight excluding hydrogens is 216 g/mol. The van der Waals surface area contributed by atoms with Crippen LogP contribution in [0.25, 0.3) is 0 Å². The van der Waals surface area contributed by atoms with Gasteiger partial charge in [0.25, 0.3) is 0 Å². The minimum absolute atomic E-state index is 0.0211. The first kappa shape index (κ1) is 12.1. The first-order chi connectivity index (χ1) is 8.24. The van der Waals surface area contributed by atoms with Crippen LogP contribution in [0.1, 0.15) is 24.4 Å². The lowest BCUT2D eigenvalue weighted by Crippen LogP contribution is -2.42. The molecule has 3 N–H and O–H groups in total. The third-order valence-electron chi connectivity index (χ3n) is 3.30. The Labute approximate surface area is 101 Å². The van der Waals surface area contributed by atoms with Gasteiger partial charge in [-0.05, 0) is 18.4 Å². The number of nitrogens with two attached hydrogens (primary N) is 1. The number of nitrogens with zero attached hydrogens (tertiary/aromatic N) is 1. The van der Waals surface area contributed by atoms with Crippen molar-refractivity contribution in [2.24, 2.45) is 5.73 Å². The molecule has 4 nitrogen and oxygen atoms in total. The maximum atomic E-state index is 12.2. The van der Waals surface area contributed by atoms with Gasteiger partial charge in [0.15, 0.2) is 0 Å². The van der Waals surface area contributed by atoms with Gasteiger partial charge in [0, 0.05) is 6.54 Å². The standard InChI is InChI=1S/C13H18N2O2/c14-12(10-5-2-1-3-6-10)13(17)15-8-4-7-11(15)9-16/h1-3,5-6,11-12,16H,4,7-9,14H2/t11?,12-/m1/s1. The van der Waals surface area contributed by atoms with E-state index < -0.39 is 6.04 Å². The molecule has 0 aromatic heterocycles. The molecule has 2 atom stereocenters. The number of hydrogen-bond acceptors (Lipinski definition) is 3. The summed E-state index contributed by atoms with van der Waals surface area (Å²) in [5, 5.41) is 9.20. The van der Waals surface area contributed by atoms with E-state index in [9.17, 15) is 9.90 Å². The van der Waals surface area contributed by atoms with Crippen molar-refractivity contribution in [2.45, 2.75) is 24.9 Å². The Morgan fingerprint density at radius 1 is 1.47 bits per heavy atom. The number of likely N-dealkylation sites (tertiary alicyclic amines) is 1. The van der Waals surface area contributed by atoms with E-state index in [2.05, 4.69) is 0 Å². The number of carbonyl (C=O) groups excluding carboxylic acids is 1. The van der Waals surface area contributed by atoms with Crippen LogP contribution in [-0.2, 0) is 4.79 Å². The van der Waals surface area contributed by atoms with Gasteiger partial charge in [-0.1, -0.05) is 30.3 Å². The highest BCUT2D eigenvalue weighted by Gasteiger charge is 2.31. The van der Waals surface area contributed by atoms with E-state index in [0.717, 1.165) is 18.4 Å². The Kier molecular flexibility index (Phi) is 3.76. The lowest BCUT2D eigenvalue weighted by atomic mass is 10.1. The third-order valence-corrected chi connectivity index (χ3v) is 3.30. The Balaban J connectivity index is 2.10. The summed E-state index contributed by atoms with van der Waals surface area (Å²) < 4.78 is 0. The van der Waals surface area contributed by atoms with Crippen molar-refractivity contribution in [1.82, 2.24) is 4.90 Å². The second kappa shape index (κ2) is 5.29. The molecule has 1 saturated heterocycles. The molecule has 17 heavy (non-hydrogen) atoms. The van der Waals surface area contributed by atoms with Crippen LogP contribution in [-0.4, -0.2) is 35.1 Å². The summed E-state index contributed by atoms with van der Waals surface area (Å²) in [5.74, 6) is -0.0900. The molecule has 1 aromatic carbocycles. The lowest BCUT2D eigenvalue weighted by Gasteiger charge is -2.26. The second-order valence-electron chi connectivity index (χ2n) is 4.40. The molecule has 0 aliphatic carbocycles. The third kappa shape index (κ3) is 2.48. The number of carbonyl (C=O) groups is 1. The zero-order valence-electron chi connectivity index (χ0n) is 9.75. The Hall–Kier alpha value is -1.39. The largest absolute Gasteiger partial charge is 0.394 e. The highest BCUT2D eigenvalue weighted by atomic mass is 16.3. The Morgan fingerprint density at radius 2 is 2.18 bits per heavy atom. The SMILES string of the molecule is N[C@@H](C(=O)N1CCCC1CO)c1ccccc1. The summed E-state index contributed by atoms with van der Waals surface area (Å²) in [7, 11) is 0. The maximum Gasteiger partial charge on any atom is 0.244 e. The maximum absolute atomic E-state index is 12.2. The fourth-order valence-corrected chi connectivity index (χ4v) is 2.30. The summed E-state index contributed by atoms with van der Waals surface area (Å²) in [6, 6.07) is 8.67. The van der Waals surface area contributed by atoms with Gasteiger partial charge in [-0.25, -0.2) is 0 Å². The van der Waals surface area contributed by atoms with Crippen molar-refractivity contribution >= 4 is 5.91 Å². The molecule has 1 aliphatic rings. The number of aliphatic hydroxyl groups excluding tert-OH is 1. The zero-order valence-corrected chi connectivity index (χ0v) is 9.75. The highest BCUT2D eigenvalue weighted by molar-refractivity contribution is 5.83. The molecule has 0 radical (unpaired) electrons. The number of amides is 1. The van der Waals surface area contributed by atoms with Gasteiger partial charge in [0.05, 0.1) is 12.6 Å². The van der Waals surface area contributed by atoms with E-state index >= 15 is 0 Å². The second-order valence-corrected chi connectivity index (χ2v) is 4.40. The van der Waals surface area contributed by atoms with E-state index in [1.165, 1.54) is 0 Å². The molecule has 1 heterocycles. The highest BCUT2D eigenvalue weighted by Crippen LogP contribution is 2.21. The summed E-state index contributed by atoms with van der Waals surface area (Å²) in [6.07, 6.45) is 1.81. The monoisotopic (exact) mass is 234 g/mol. The van der Waals surface area contributed by atoms with Crippen LogP contribution in [0, 0.1) is 0 Å².